The minimum atomic E-state index is -0.495. The average Bonchev–Trinajstić information content (AvgIpc) is 3.41. The molecule has 1 aliphatic rings. The fraction of sp³-hybridized carbons (Fsp3) is 0.241. The molecule has 4 aromatic rings. The van der Waals surface area contributed by atoms with Crippen molar-refractivity contribution in [3.8, 4) is 11.1 Å². The molecule has 36 heavy (non-hydrogen) atoms. The van der Waals surface area contributed by atoms with E-state index in [-0.39, 0.29) is 17.9 Å². The monoisotopic (exact) mass is 499 g/mol. The molecular formula is C29H26ClN3O3. The van der Waals surface area contributed by atoms with E-state index in [1.165, 1.54) is 13.4 Å². The summed E-state index contributed by atoms with van der Waals surface area (Å²) in [7, 11) is 1.39. The highest BCUT2D eigenvalue weighted by atomic mass is 35.5. The summed E-state index contributed by atoms with van der Waals surface area (Å²) in [5.74, 6) is -0.888. The summed E-state index contributed by atoms with van der Waals surface area (Å²) >= 11 is 6.27. The Balaban J connectivity index is 1.39. The van der Waals surface area contributed by atoms with Gasteiger partial charge >= 0.3 is 5.97 Å². The van der Waals surface area contributed by atoms with Crippen LogP contribution in [0.5, 0.6) is 0 Å². The van der Waals surface area contributed by atoms with E-state index in [4.69, 9.17) is 16.3 Å². The Morgan fingerprint density at radius 2 is 1.78 bits per heavy atom. The van der Waals surface area contributed by atoms with Crippen LogP contribution in [0.25, 0.3) is 22.0 Å². The Labute approximate surface area is 214 Å². The SMILES string of the molecule is COC(=O)C(Cc1ccc2ncnc(Cl)c2c1)C1CCCN1C(=O)c1ccc(-c2ccccc2)cc1. The number of carbonyl (C=O) groups excluding carboxylic acids is 2. The number of amides is 1. The van der Waals surface area contributed by atoms with Crippen LogP contribution in [-0.2, 0) is 16.0 Å². The highest BCUT2D eigenvalue weighted by Crippen LogP contribution is 2.31. The lowest BCUT2D eigenvalue weighted by Crippen LogP contribution is -2.44. The normalized spacial score (nSPS) is 16.2. The predicted molar refractivity (Wildman–Crippen MR) is 140 cm³/mol. The number of ether oxygens (including phenoxy) is 1. The first-order chi connectivity index (χ1) is 17.5. The molecule has 0 aliphatic carbocycles. The van der Waals surface area contributed by atoms with Gasteiger partial charge in [-0.05, 0) is 60.2 Å². The van der Waals surface area contributed by atoms with Crippen LogP contribution >= 0.6 is 11.6 Å². The highest BCUT2D eigenvalue weighted by molar-refractivity contribution is 6.34. The second-order valence-corrected chi connectivity index (χ2v) is 9.36. The molecule has 0 saturated carbocycles. The number of benzene rings is 3. The zero-order valence-electron chi connectivity index (χ0n) is 19.9. The summed E-state index contributed by atoms with van der Waals surface area (Å²) in [5, 5.41) is 1.10. The number of hydrogen-bond donors (Lipinski definition) is 0. The maximum Gasteiger partial charge on any atom is 0.311 e. The predicted octanol–water partition coefficient (Wildman–Crippen LogP) is 5.59. The van der Waals surface area contributed by atoms with Crippen molar-refractivity contribution in [2.45, 2.75) is 25.3 Å². The van der Waals surface area contributed by atoms with Gasteiger partial charge in [-0.15, -0.1) is 0 Å². The number of aromatic nitrogens is 2. The van der Waals surface area contributed by atoms with Crippen molar-refractivity contribution in [1.29, 1.82) is 0 Å². The van der Waals surface area contributed by atoms with Crippen LogP contribution in [0, 0.1) is 5.92 Å². The van der Waals surface area contributed by atoms with E-state index in [9.17, 15) is 9.59 Å². The Kier molecular flexibility index (Phi) is 6.96. The molecule has 0 N–H and O–H groups in total. The number of methoxy groups -OCH3 is 1. The third-order valence-electron chi connectivity index (χ3n) is 6.87. The topological polar surface area (TPSA) is 72.4 Å². The molecule has 0 spiro atoms. The summed E-state index contributed by atoms with van der Waals surface area (Å²) in [6.07, 6.45) is 3.43. The van der Waals surface area contributed by atoms with Crippen LogP contribution in [0.1, 0.15) is 28.8 Å². The van der Waals surface area contributed by atoms with E-state index in [0.29, 0.717) is 23.7 Å². The molecule has 2 unspecified atom stereocenters. The van der Waals surface area contributed by atoms with Crippen LogP contribution in [0.15, 0.2) is 79.1 Å². The van der Waals surface area contributed by atoms with Crippen LogP contribution in [0.4, 0.5) is 0 Å². The highest BCUT2D eigenvalue weighted by Gasteiger charge is 2.39. The van der Waals surface area contributed by atoms with Gasteiger partial charge in [-0.25, -0.2) is 9.97 Å². The van der Waals surface area contributed by atoms with Gasteiger partial charge in [0.15, 0.2) is 0 Å². The summed E-state index contributed by atoms with van der Waals surface area (Å²) < 4.78 is 5.18. The number of carbonyl (C=O) groups is 2. The molecule has 1 saturated heterocycles. The van der Waals surface area contributed by atoms with Crippen molar-refractivity contribution >= 4 is 34.4 Å². The summed E-state index contributed by atoms with van der Waals surface area (Å²) in [4.78, 5) is 36.6. The van der Waals surface area contributed by atoms with Gasteiger partial charge < -0.3 is 9.64 Å². The molecule has 182 valence electrons. The van der Waals surface area contributed by atoms with Crippen molar-refractivity contribution in [2.75, 3.05) is 13.7 Å². The molecule has 1 amide bonds. The first-order valence-corrected chi connectivity index (χ1v) is 12.4. The minimum absolute atomic E-state index is 0.0685. The van der Waals surface area contributed by atoms with Crippen molar-refractivity contribution in [2.24, 2.45) is 5.92 Å². The quantitative estimate of drug-likeness (QED) is 0.255. The minimum Gasteiger partial charge on any atom is -0.469 e. The summed E-state index contributed by atoms with van der Waals surface area (Å²) in [6.45, 7) is 0.606. The number of hydrogen-bond acceptors (Lipinski definition) is 5. The number of likely N-dealkylation sites (tertiary alicyclic amines) is 1. The molecule has 2 atom stereocenters. The number of halogens is 1. The zero-order valence-corrected chi connectivity index (χ0v) is 20.7. The molecule has 1 aromatic heterocycles. The van der Waals surface area contributed by atoms with Gasteiger partial charge in [-0.1, -0.05) is 60.1 Å². The maximum absolute atomic E-state index is 13.5. The molecule has 6 nitrogen and oxygen atoms in total. The Morgan fingerprint density at radius 1 is 1.03 bits per heavy atom. The van der Waals surface area contributed by atoms with E-state index in [1.807, 2.05) is 77.7 Å². The Bertz CT molecular complexity index is 1390. The number of rotatable bonds is 6. The first kappa shape index (κ1) is 23.9. The molecular weight excluding hydrogens is 474 g/mol. The summed E-state index contributed by atoms with van der Waals surface area (Å²) in [6, 6.07) is 23.2. The first-order valence-electron chi connectivity index (χ1n) is 12.0. The number of nitrogens with zero attached hydrogens (tertiary/aromatic N) is 3. The molecule has 1 fully saturated rings. The molecule has 0 radical (unpaired) electrons. The van der Waals surface area contributed by atoms with E-state index < -0.39 is 5.92 Å². The number of esters is 1. The van der Waals surface area contributed by atoms with Gasteiger partial charge in [0.2, 0.25) is 0 Å². The molecule has 1 aliphatic heterocycles. The van der Waals surface area contributed by atoms with Crippen molar-refractivity contribution in [1.82, 2.24) is 14.9 Å². The van der Waals surface area contributed by atoms with E-state index >= 15 is 0 Å². The molecule has 5 rings (SSSR count). The van der Waals surface area contributed by atoms with Crippen LogP contribution in [-0.4, -0.2) is 46.4 Å². The maximum atomic E-state index is 13.5. The van der Waals surface area contributed by atoms with Crippen LogP contribution in [0.2, 0.25) is 5.15 Å². The van der Waals surface area contributed by atoms with Gasteiger partial charge in [0.25, 0.3) is 5.91 Å². The van der Waals surface area contributed by atoms with Gasteiger partial charge in [-0.2, -0.15) is 0 Å². The van der Waals surface area contributed by atoms with Crippen LogP contribution in [0.3, 0.4) is 0 Å². The third-order valence-corrected chi connectivity index (χ3v) is 7.18. The lowest BCUT2D eigenvalue weighted by Gasteiger charge is -2.30. The lowest BCUT2D eigenvalue weighted by atomic mass is 9.89. The van der Waals surface area contributed by atoms with Gasteiger partial charge in [0.05, 0.1) is 18.5 Å². The molecule has 2 heterocycles. The fourth-order valence-corrected chi connectivity index (χ4v) is 5.24. The molecule has 0 bridgehead atoms. The van der Waals surface area contributed by atoms with Gasteiger partial charge in [0, 0.05) is 23.5 Å². The van der Waals surface area contributed by atoms with E-state index in [1.54, 1.807) is 0 Å². The Hall–Kier alpha value is -3.77. The molecule has 7 heteroatoms. The van der Waals surface area contributed by atoms with Crippen LogP contribution < -0.4 is 0 Å². The molecule has 3 aromatic carbocycles. The van der Waals surface area contributed by atoms with Gasteiger partial charge in [0.1, 0.15) is 11.5 Å². The van der Waals surface area contributed by atoms with Crippen molar-refractivity contribution in [3.63, 3.8) is 0 Å². The largest absolute Gasteiger partial charge is 0.469 e. The summed E-state index contributed by atoms with van der Waals surface area (Å²) in [5.41, 5.74) is 4.42. The van der Waals surface area contributed by atoms with Gasteiger partial charge in [-0.3, -0.25) is 9.59 Å². The second kappa shape index (κ2) is 10.5. The van der Waals surface area contributed by atoms with E-state index in [0.717, 1.165) is 40.4 Å². The standard InChI is InChI=1S/C29H26ClN3O3/c1-36-29(35)24(17-19-9-14-25-23(16-19)27(30)32-18-31-25)26-8-5-15-33(26)28(34)22-12-10-21(11-13-22)20-6-3-2-4-7-20/h2-4,6-7,9-14,16,18,24,26H,5,8,15,17H2,1H3. The smallest absolute Gasteiger partial charge is 0.311 e. The average molecular weight is 500 g/mol. The number of fused-ring (bicyclic) bond motifs is 1. The fourth-order valence-electron chi connectivity index (χ4n) is 5.05. The zero-order chi connectivity index (χ0) is 25.1. The van der Waals surface area contributed by atoms with Crippen molar-refractivity contribution < 1.29 is 14.3 Å². The Morgan fingerprint density at radius 3 is 2.53 bits per heavy atom. The second-order valence-electron chi connectivity index (χ2n) is 9.00. The third kappa shape index (κ3) is 4.82. The van der Waals surface area contributed by atoms with Crippen molar-refractivity contribution in [3.05, 3.63) is 95.4 Å². The van der Waals surface area contributed by atoms with E-state index in [2.05, 4.69) is 9.97 Å². The lowest BCUT2D eigenvalue weighted by molar-refractivity contribution is -0.147.